The zero-order chi connectivity index (χ0) is 17.1. The molecule has 1 aliphatic heterocycles. The second-order valence-corrected chi connectivity index (χ2v) is 7.47. The number of aromatic carboxylic acids is 1. The van der Waals surface area contributed by atoms with Crippen LogP contribution in [0, 0.1) is 11.8 Å². The Bertz CT molecular complexity index is 590. The van der Waals surface area contributed by atoms with Gasteiger partial charge in [-0.1, -0.05) is 19.8 Å². The molecule has 1 saturated carbocycles. The third-order valence-electron chi connectivity index (χ3n) is 5.55. The summed E-state index contributed by atoms with van der Waals surface area (Å²) < 4.78 is 1.74. The summed E-state index contributed by atoms with van der Waals surface area (Å²) in [6.45, 7) is 3.78. The molecule has 1 aliphatic carbocycles. The number of carboxylic acids is 1. The van der Waals surface area contributed by atoms with E-state index in [2.05, 4.69) is 12.0 Å². The molecule has 1 amide bonds. The molecule has 1 aromatic rings. The minimum Gasteiger partial charge on any atom is -0.478 e. The number of hydrogen-bond donors (Lipinski definition) is 1. The van der Waals surface area contributed by atoms with Crippen LogP contribution < -0.4 is 0 Å². The standard InChI is InChI=1S/C18H27N3O3/c1-13-3-2-4-14(9-13)10-17(22)20-7-5-16(6-8-20)21-12-15(11-19-21)18(23)24/h11-14,16H,2-10H2,1H3,(H,23,24). The molecule has 0 aromatic carbocycles. The van der Waals surface area contributed by atoms with Crippen LogP contribution in [-0.2, 0) is 4.79 Å². The lowest BCUT2D eigenvalue weighted by Gasteiger charge is -2.34. The molecular weight excluding hydrogens is 306 g/mol. The molecule has 0 radical (unpaired) electrons. The third-order valence-corrected chi connectivity index (χ3v) is 5.55. The number of carbonyl (C=O) groups is 2. The molecule has 1 aromatic heterocycles. The number of aromatic nitrogens is 2. The van der Waals surface area contributed by atoms with Crippen LogP contribution in [0.25, 0.3) is 0 Å². The molecule has 24 heavy (non-hydrogen) atoms. The van der Waals surface area contributed by atoms with Crippen molar-refractivity contribution in [2.24, 2.45) is 11.8 Å². The summed E-state index contributed by atoms with van der Waals surface area (Å²) in [4.78, 5) is 25.5. The van der Waals surface area contributed by atoms with Gasteiger partial charge in [-0.15, -0.1) is 0 Å². The highest BCUT2D eigenvalue weighted by Crippen LogP contribution is 2.32. The normalized spacial score (nSPS) is 25.6. The predicted molar refractivity (Wildman–Crippen MR) is 89.8 cm³/mol. The molecule has 2 fully saturated rings. The first-order valence-electron chi connectivity index (χ1n) is 9.08. The molecule has 1 N–H and O–H groups in total. The average Bonchev–Trinajstić information content (AvgIpc) is 3.05. The van der Waals surface area contributed by atoms with E-state index in [0.29, 0.717) is 18.2 Å². The van der Waals surface area contributed by atoms with Gasteiger partial charge < -0.3 is 10.0 Å². The van der Waals surface area contributed by atoms with Crippen LogP contribution in [0.1, 0.15) is 68.3 Å². The van der Waals surface area contributed by atoms with Crippen LogP contribution in [0.15, 0.2) is 12.4 Å². The smallest absolute Gasteiger partial charge is 0.338 e. The molecule has 2 unspecified atom stereocenters. The van der Waals surface area contributed by atoms with Crippen molar-refractivity contribution < 1.29 is 14.7 Å². The average molecular weight is 333 g/mol. The van der Waals surface area contributed by atoms with Crippen molar-refractivity contribution in [3.8, 4) is 0 Å². The molecule has 3 rings (SSSR count). The summed E-state index contributed by atoms with van der Waals surface area (Å²) >= 11 is 0. The Kier molecular flexibility index (Phi) is 5.21. The highest BCUT2D eigenvalue weighted by molar-refractivity contribution is 5.86. The number of amides is 1. The van der Waals surface area contributed by atoms with Gasteiger partial charge in [0.15, 0.2) is 0 Å². The van der Waals surface area contributed by atoms with Crippen LogP contribution in [-0.4, -0.2) is 44.8 Å². The lowest BCUT2D eigenvalue weighted by Crippen LogP contribution is -2.40. The van der Waals surface area contributed by atoms with E-state index < -0.39 is 5.97 Å². The number of piperidine rings is 1. The molecule has 6 nitrogen and oxygen atoms in total. The number of carbonyl (C=O) groups excluding carboxylic acids is 1. The van der Waals surface area contributed by atoms with E-state index in [4.69, 9.17) is 5.11 Å². The topological polar surface area (TPSA) is 75.4 Å². The van der Waals surface area contributed by atoms with E-state index in [1.807, 2.05) is 4.90 Å². The molecule has 2 atom stereocenters. The number of carboxylic acid groups (broad SMARTS) is 1. The zero-order valence-electron chi connectivity index (χ0n) is 14.4. The van der Waals surface area contributed by atoms with Gasteiger partial charge in [0.25, 0.3) is 0 Å². The van der Waals surface area contributed by atoms with Crippen molar-refractivity contribution >= 4 is 11.9 Å². The van der Waals surface area contributed by atoms with E-state index in [1.54, 1.807) is 10.9 Å². The van der Waals surface area contributed by atoms with Crippen LogP contribution in [0.2, 0.25) is 0 Å². The quantitative estimate of drug-likeness (QED) is 0.919. The SMILES string of the molecule is CC1CCCC(CC(=O)N2CCC(n3cc(C(=O)O)cn3)CC2)C1. The lowest BCUT2D eigenvalue weighted by atomic mass is 9.80. The second kappa shape index (κ2) is 7.36. The van der Waals surface area contributed by atoms with Crippen LogP contribution in [0.4, 0.5) is 0 Å². The van der Waals surface area contributed by atoms with Gasteiger partial charge in [-0.05, 0) is 37.5 Å². The van der Waals surface area contributed by atoms with E-state index >= 15 is 0 Å². The Hall–Kier alpha value is -1.85. The Morgan fingerprint density at radius 2 is 2.00 bits per heavy atom. The second-order valence-electron chi connectivity index (χ2n) is 7.47. The lowest BCUT2D eigenvalue weighted by molar-refractivity contribution is -0.133. The number of hydrogen-bond acceptors (Lipinski definition) is 3. The number of rotatable bonds is 4. The van der Waals surface area contributed by atoms with Crippen molar-refractivity contribution in [1.29, 1.82) is 0 Å². The Labute approximate surface area is 142 Å². The van der Waals surface area contributed by atoms with Gasteiger partial charge in [-0.3, -0.25) is 9.48 Å². The maximum absolute atomic E-state index is 12.5. The highest BCUT2D eigenvalue weighted by Gasteiger charge is 2.27. The fourth-order valence-electron chi connectivity index (χ4n) is 4.15. The van der Waals surface area contributed by atoms with Gasteiger partial charge in [-0.2, -0.15) is 5.10 Å². The first-order valence-corrected chi connectivity index (χ1v) is 9.08. The largest absolute Gasteiger partial charge is 0.478 e. The molecule has 132 valence electrons. The van der Waals surface area contributed by atoms with Gasteiger partial charge in [0.2, 0.25) is 5.91 Å². The fourth-order valence-corrected chi connectivity index (χ4v) is 4.15. The Balaban J connectivity index is 1.49. The van der Waals surface area contributed by atoms with Crippen LogP contribution >= 0.6 is 0 Å². The third kappa shape index (κ3) is 3.97. The van der Waals surface area contributed by atoms with Crippen LogP contribution in [0.5, 0.6) is 0 Å². The summed E-state index contributed by atoms with van der Waals surface area (Å²) in [6, 6.07) is 0.192. The monoisotopic (exact) mass is 333 g/mol. The summed E-state index contributed by atoms with van der Waals surface area (Å²) in [5.74, 6) is 0.656. The maximum atomic E-state index is 12.5. The van der Waals surface area contributed by atoms with Gasteiger partial charge in [0.1, 0.15) is 0 Å². The Morgan fingerprint density at radius 3 is 2.62 bits per heavy atom. The van der Waals surface area contributed by atoms with Gasteiger partial charge in [-0.25, -0.2) is 4.79 Å². The van der Waals surface area contributed by atoms with Crippen molar-refractivity contribution in [3.63, 3.8) is 0 Å². The molecular formula is C18H27N3O3. The highest BCUT2D eigenvalue weighted by atomic mass is 16.4. The molecule has 0 bridgehead atoms. The first-order chi connectivity index (χ1) is 11.5. The molecule has 2 aliphatic rings. The van der Waals surface area contributed by atoms with Gasteiger partial charge >= 0.3 is 5.97 Å². The molecule has 0 spiro atoms. The predicted octanol–water partition coefficient (Wildman–Crippen LogP) is 2.96. The fraction of sp³-hybridized carbons (Fsp3) is 0.722. The van der Waals surface area contributed by atoms with Gasteiger partial charge in [0, 0.05) is 25.7 Å². The summed E-state index contributed by atoms with van der Waals surface area (Å²) in [5.41, 5.74) is 0.222. The molecule has 6 heteroatoms. The minimum absolute atomic E-state index is 0.192. The minimum atomic E-state index is -0.949. The molecule has 2 heterocycles. The summed E-state index contributed by atoms with van der Waals surface area (Å²) in [7, 11) is 0. The van der Waals surface area contributed by atoms with E-state index in [-0.39, 0.29) is 11.6 Å². The van der Waals surface area contributed by atoms with E-state index in [9.17, 15) is 9.59 Å². The van der Waals surface area contributed by atoms with Crippen molar-refractivity contribution in [1.82, 2.24) is 14.7 Å². The van der Waals surface area contributed by atoms with Crippen molar-refractivity contribution in [3.05, 3.63) is 18.0 Å². The number of likely N-dealkylation sites (tertiary alicyclic amines) is 1. The number of nitrogens with zero attached hydrogens (tertiary/aromatic N) is 3. The Morgan fingerprint density at radius 1 is 1.25 bits per heavy atom. The van der Waals surface area contributed by atoms with Crippen molar-refractivity contribution in [2.45, 2.75) is 57.9 Å². The van der Waals surface area contributed by atoms with E-state index in [1.165, 1.54) is 31.9 Å². The van der Waals surface area contributed by atoms with Crippen LogP contribution in [0.3, 0.4) is 0 Å². The first kappa shape index (κ1) is 17.0. The summed E-state index contributed by atoms with van der Waals surface area (Å²) in [6.07, 6.45) is 10.3. The van der Waals surface area contributed by atoms with Crippen molar-refractivity contribution in [2.75, 3.05) is 13.1 Å². The van der Waals surface area contributed by atoms with E-state index in [0.717, 1.165) is 31.8 Å². The molecule has 1 saturated heterocycles. The maximum Gasteiger partial charge on any atom is 0.338 e. The van der Waals surface area contributed by atoms with Gasteiger partial charge in [0.05, 0.1) is 17.8 Å². The summed E-state index contributed by atoms with van der Waals surface area (Å²) in [5, 5.41) is 13.1. The zero-order valence-corrected chi connectivity index (χ0v) is 14.4.